The van der Waals surface area contributed by atoms with Gasteiger partial charge in [-0.1, -0.05) is 11.6 Å². The summed E-state index contributed by atoms with van der Waals surface area (Å²) in [5.74, 6) is -0.00322. The highest BCUT2D eigenvalue weighted by Crippen LogP contribution is 2.27. The average Bonchev–Trinajstić information content (AvgIpc) is 3.00. The molecule has 5 nitrogen and oxygen atoms in total. The minimum Gasteiger partial charge on any atom is -0.353 e. The molecule has 0 aromatic heterocycles. The van der Waals surface area contributed by atoms with Gasteiger partial charge in [0.2, 0.25) is 5.91 Å². The van der Waals surface area contributed by atoms with Crippen molar-refractivity contribution in [3.05, 3.63) is 34.9 Å². The first kappa shape index (κ1) is 17.8. The number of nitrogens with one attached hydrogen (secondary N) is 2. The first-order valence-corrected chi connectivity index (χ1v) is 10.1. The third-order valence-electron chi connectivity index (χ3n) is 5.99. The molecule has 3 aliphatic rings. The Hall–Kier alpha value is -1.59. The van der Waals surface area contributed by atoms with E-state index in [2.05, 4.69) is 10.6 Å². The molecule has 3 fully saturated rings. The van der Waals surface area contributed by atoms with Crippen molar-refractivity contribution >= 4 is 23.4 Å². The lowest BCUT2D eigenvalue weighted by Crippen LogP contribution is -2.51. The van der Waals surface area contributed by atoms with E-state index in [0.29, 0.717) is 35.8 Å². The number of fused-ring (bicyclic) bond motifs is 2. The molecule has 2 amide bonds. The van der Waals surface area contributed by atoms with E-state index in [9.17, 15) is 9.59 Å². The molecule has 4 rings (SSSR count). The van der Waals surface area contributed by atoms with E-state index in [4.69, 9.17) is 11.6 Å². The summed E-state index contributed by atoms with van der Waals surface area (Å²) >= 11 is 5.90. The SMILES string of the molecule is O=C(NC1CC2CCC(C1)N2)C1CCCN(C(=O)c2ccc(Cl)cc2)C1. The molecule has 2 N–H and O–H groups in total. The molecule has 1 aromatic rings. The molecular weight excluding hydrogens is 350 g/mol. The number of halogens is 1. The van der Waals surface area contributed by atoms with Crippen LogP contribution in [0, 0.1) is 5.92 Å². The summed E-state index contributed by atoms with van der Waals surface area (Å²) in [5, 5.41) is 7.48. The second-order valence-electron chi connectivity index (χ2n) is 7.91. The number of carbonyl (C=O) groups is 2. The van der Waals surface area contributed by atoms with Crippen molar-refractivity contribution in [2.45, 2.75) is 56.7 Å². The van der Waals surface area contributed by atoms with E-state index in [1.54, 1.807) is 24.3 Å². The van der Waals surface area contributed by atoms with Crippen molar-refractivity contribution in [3.63, 3.8) is 0 Å². The summed E-state index contributed by atoms with van der Waals surface area (Å²) in [5.41, 5.74) is 0.630. The highest BCUT2D eigenvalue weighted by molar-refractivity contribution is 6.30. The lowest BCUT2D eigenvalue weighted by atomic mass is 9.94. The van der Waals surface area contributed by atoms with E-state index < -0.39 is 0 Å². The fraction of sp³-hybridized carbons (Fsp3) is 0.600. The summed E-state index contributed by atoms with van der Waals surface area (Å²) in [7, 11) is 0. The number of rotatable bonds is 3. The Morgan fingerprint density at radius 2 is 1.77 bits per heavy atom. The number of piperidine rings is 2. The van der Waals surface area contributed by atoms with Crippen molar-refractivity contribution in [1.82, 2.24) is 15.5 Å². The standard InChI is InChI=1S/C20H26ClN3O2/c21-15-5-3-13(4-6-15)20(26)24-9-1-2-14(12-24)19(25)23-18-10-16-7-8-17(11-18)22-16/h3-6,14,16-18,22H,1-2,7-12H2,(H,23,25). The van der Waals surface area contributed by atoms with E-state index in [1.807, 2.05) is 4.90 Å². The monoisotopic (exact) mass is 375 g/mol. The highest BCUT2D eigenvalue weighted by atomic mass is 35.5. The Labute approximate surface area is 159 Å². The zero-order chi connectivity index (χ0) is 18.1. The maximum absolute atomic E-state index is 12.8. The lowest BCUT2D eigenvalue weighted by molar-refractivity contribution is -0.127. The number of amides is 2. The van der Waals surface area contributed by atoms with Gasteiger partial charge in [0.15, 0.2) is 0 Å². The molecule has 0 radical (unpaired) electrons. The molecule has 0 aliphatic carbocycles. The summed E-state index contributed by atoms with van der Waals surface area (Å²) in [6.07, 6.45) is 6.24. The van der Waals surface area contributed by atoms with Crippen LogP contribution in [-0.4, -0.2) is 47.9 Å². The van der Waals surface area contributed by atoms with E-state index >= 15 is 0 Å². The van der Waals surface area contributed by atoms with Gasteiger partial charge in [-0.2, -0.15) is 0 Å². The molecule has 3 heterocycles. The predicted octanol–water partition coefficient (Wildman–Crippen LogP) is 2.59. The number of nitrogens with zero attached hydrogens (tertiary/aromatic N) is 1. The average molecular weight is 376 g/mol. The van der Waals surface area contributed by atoms with Gasteiger partial charge in [-0.3, -0.25) is 9.59 Å². The first-order chi connectivity index (χ1) is 12.6. The third-order valence-corrected chi connectivity index (χ3v) is 6.24. The molecule has 3 atom stereocenters. The maximum Gasteiger partial charge on any atom is 0.253 e. The summed E-state index contributed by atoms with van der Waals surface area (Å²) in [6, 6.07) is 8.37. The van der Waals surface area contributed by atoms with Crippen LogP contribution >= 0.6 is 11.6 Å². The van der Waals surface area contributed by atoms with Gasteiger partial charge in [0.05, 0.1) is 5.92 Å². The van der Waals surface area contributed by atoms with Gasteiger partial charge in [-0.15, -0.1) is 0 Å². The van der Waals surface area contributed by atoms with Gasteiger partial charge in [0.25, 0.3) is 5.91 Å². The van der Waals surface area contributed by atoms with Crippen LogP contribution < -0.4 is 10.6 Å². The van der Waals surface area contributed by atoms with Gasteiger partial charge in [-0.25, -0.2) is 0 Å². The molecule has 2 bridgehead atoms. The van der Waals surface area contributed by atoms with Crippen LogP contribution in [0.3, 0.4) is 0 Å². The van der Waals surface area contributed by atoms with Crippen LogP contribution in [0.15, 0.2) is 24.3 Å². The number of carbonyl (C=O) groups excluding carboxylic acids is 2. The predicted molar refractivity (Wildman–Crippen MR) is 101 cm³/mol. The third kappa shape index (κ3) is 3.89. The zero-order valence-corrected chi connectivity index (χ0v) is 15.7. The Morgan fingerprint density at radius 3 is 2.46 bits per heavy atom. The summed E-state index contributed by atoms with van der Waals surface area (Å²) in [4.78, 5) is 27.3. The van der Waals surface area contributed by atoms with Gasteiger partial charge >= 0.3 is 0 Å². The van der Waals surface area contributed by atoms with E-state index in [-0.39, 0.29) is 23.8 Å². The first-order valence-electron chi connectivity index (χ1n) is 9.70. The number of likely N-dealkylation sites (tertiary alicyclic amines) is 1. The van der Waals surface area contributed by atoms with Crippen molar-refractivity contribution in [2.24, 2.45) is 5.92 Å². The summed E-state index contributed by atoms with van der Waals surface area (Å²) < 4.78 is 0. The Balaban J connectivity index is 1.34. The smallest absolute Gasteiger partial charge is 0.253 e. The van der Waals surface area contributed by atoms with Crippen LogP contribution in [0.1, 0.15) is 48.9 Å². The summed E-state index contributed by atoms with van der Waals surface area (Å²) in [6.45, 7) is 1.22. The van der Waals surface area contributed by atoms with Crippen molar-refractivity contribution < 1.29 is 9.59 Å². The number of benzene rings is 1. The van der Waals surface area contributed by atoms with Gasteiger partial charge in [-0.05, 0) is 62.8 Å². The molecule has 6 heteroatoms. The van der Waals surface area contributed by atoms with Crippen LogP contribution in [-0.2, 0) is 4.79 Å². The van der Waals surface area contributed by atoms with Crippen LogP contribution in [0.4, 0.5) is 0 Å². The molecule has 0 saturated carbocycles. The van der Waals surface area contributed by atoms with Crippen molar-refractivity contribution in [2.75, 3.05) is 13.1 Å². The zero-order valence-electron chi connectivity index (χ0n) is 14.9. The molecule has 3 saturated heterocycles. The van der Waals surface area contributed by atoms with Gasteiger partial charge < -0.3 is 15.5 Å². The van der Waals surface area contributed by atoms with Crippen LogP contribution in [0.5, 0.6) is 0 Å². The topological polar surface area (TPSA) is 61.4 Å². The van der Waals surface area contributed by atoms with E-state index in [1.165, 1.54) is 12.8 Å². The molecule has 26 heavy (non-hydrogen) atoms. The quantitative estimate of drug-likeness (QED) is 0.853. The van der Waals surface area contributed by atoms with E-state index in [0.717, 1.165) is 25.7 Å². The fourth-order valence-corrected chi connectivity index (χ4v) is 4.77. The minimum atomic E-state index is -0.104. The van der Waals surface area contributed by atoms with Crippen LogP contribution in [0.2, 0.25) is 5.02 Å². The normalized spacial score (nSPS) is 30.9. The molecule has 140 valence electrons. The van der Waals surface area contributed by atoms with Crippen LogP contribution in [0.25, 0.3) is 0 Å². The second-order valence-corrected chi connectivity index (χ2v) is 8.35. The largest absolute Gasteiger partial charge is 0.353 e. The van der Waals surface area contributed by atoms with Gasteiger partial charge in [0, 0.05) is 41.8 Å². The van der Waals surface area contributed by atoms with Crippen molar-refractivity contribution in [3.8, 4) is 0 Å². The van der Waals surface area contributed by atoms with Crippen molar-refractivity contribution in [1.29, 1.82) is 0 Å². The van der Waals surface area contributed by atoms with Gasteiger partial charge in [0.1, 0.15) is 0 Å². The Kier molecular flexibility index (Phi) is 5.18. The number of hydrogen-bond acceptors (Lipinski definition) is 3. The molecule has 0 spiro atoms. The maximum atomic E-state index is 12.8. The highest BCUT2D eigenvalue weighted by Gasteiger charge is 2.36. The molecule has 3 unspecified atom stereocenters. The fourth-order valence-electron chi connectivity index (χ4n) is 4.64. The minimum absolute atomic E-state index is 0.0147. The lowest BCUT2D eigenvalue weighted by Gasteiger charge is -2.35. The molecular formula is C20H26ClN3O2. The molecule has 3 aliphatic heterocycles. The Bertz CT molecular complexity index is 666. The molecule has 1 aromatic carbocycles. The Morgan fingerprint density at radius 1 is 1.08 bits per heavy atom. The number of hydrogen-bond donors (Lipinski definition) is 2. The second kappa shape index (κ2) is 7.57.